The molecular formula is C13H23N3O2. The second kappa shape index (κ2) is 6.00. The second-order valence-electron chi connectivity index (χ2n) is 5.16. The maximum absolute atomic E-state index is 12.5. The Kier molecular flexibility index (Phi) is 4.90. The van der Waals surface area contributed by atoms with Crippen LogP contribution in [0.1, 0.15) is 51.1 Å². The van der Waals surface area contributed by atoms with Gasteiger partial charge in [-0.1, -0.05) is 0 Å². The van der Waals surface area contributed by atoms with Crippen LogP contribution in [0.15, 0.2) is 12.3 Å². The third kappa shape index (κ3) is 3.32. The van der Waals surface area contributed by atoms with Crippen molar-refractivity contribution in [3.8, 4) is 0 Å². The minimum atomic E-state index is -0.535. The molecule has 1 N–H and O–H groups in total. The third-order valence-electron chi connectivity index (χ3n) is 2.72. The van der Waals surface area contributed by atoms with Gasteiger partial charge in [0.1, 0.15) is 5.69 Å². The highest BCUT2D eigenvalue weighted by Crippen LogP contribution is 2.13. The fourth-order valence-corrected chi connectivity index (χ4v) is 1.86. The lowest BCUT2D eigenvalue weighted by molar-refractivity contribution is 0.0565. The lowest BCUT2D eigenvalue weighted by atomic mass is 10.2. The van der Waals surface area contributed by atoms with Gasteiger partial charge in [0.15, 0.2) is 0 Å². The molecule has 0 aromatic carbocycles. The molecule has 0 saturated carbocycles. The van der Waals surface area contributed by atoms with Crippen molar-refractivity contribution in [1.82, 2.24) is 14.7 Å². The Bertz CT molecular complexity index is 397. The number of carbonyl (C=O) groups is 1. The number of aromatic nitrogens is 2. The van der Waals surface area contributed by atoms with Crippen LogP contribution in [0.4, 0.5) is 0 Å². The lowest BCUT2D eigenvalue weighted by Gasteiger charge is -2.28. The van der Waals surface area contributed by atoms with Crippen LogP contribution in [-0.4, -0.2) is 44.4 Å². The first-order valence-electron chi connectivity index (χ1n) is 6.37. The summed E-state index contributed by atoms with van der Waals surface area (Å²) in [5.74, 6) is -0.0860. The number of amides is 1. The van der Waals surface area contributed by atoms with Crippen molar-refractivity contribution in [2.24, 2.45) is 0 Å². The zero-order valence-corrected chi connectivity index (χ0v) is 11.8. The van der Waals surface area contributed by atoms with Gasteiger partial charge < -0.3 is 10.0 Å². The zero-order valence-electron chi connectivity index (χ0n) is 11.8. The van der Waals surface area contributed by atoms with Crippen LogP contribution in [0.25, 0.3) is 0 Å². The molecule has 18 heavy (non-hydrogen) atoms. The molecule has 102 valence electrons. The van der Waals surface area contributed by atoms with E-state index < -0.39 is 6.10 Å². The van der Waals surface area contributed by atoms with Crippen molar-refractivity contribution >= 4 is 5.91 Å². The molecular weight excluding hydrogens is 230 g/mol. The van der Waals surface area contributed by atoms with Gasteiger partial charge in [0.2, 0.25) is 0 Å². The smallest absolute Gasteiger partial charge is 0.272 e. The van der Waals surface area contributed by atoms with Gasteiger partial charge in [0.05, 0.1) is 6.10 Å². The van der Waals surface area contributed by atoms with Crippen LogP contribution in [0.3, 0.4) is 0 Å². The summed E-state index contributed by atoms with van der Waals surface area (Å²) in [6, 6.07) is 1.90. The van der Waals surface area contributed by atoms with Gasteiger partial charge in [-0.25, -0.2) is 0 Å². The highest BCUT2D eigenvalue weighted by molar-refractivity contribution is 5.92. The fraction of sp³-hybridized carbons (Fsp3) is 0.692. The van der Waals surface area contributed by atoms with E-state index in [1.165, 1.54) is 0 Å². The molecule has 1 aromatic heterocycles. The summed E-state index contributed by atoms with van der Waals surface area (Å²) in [5, 5.41) is 13.6. The van der Waals surface area contributed by atoms with Crippen molar-refractivity contribution in [3.05, 3.63) is 18.0 Å². The number of aliphatic hydroxyl groups excluding tert-OH is 1. The Morgan fingerprint density at radius 1 is 1.39 bits per heavy atom. The summed E-state index contributed by atoms with van der Waals surface area (Å²) in [6.45, 7) is 9.87. The van der Waals surface area contributed by atoms with Crippen LogP contribution in [-0.2, 0) is 0 Å². The number of carbonyl (C=O) groups excluding carboxylic acids is 1. The Balaban J connectivity index is 2.98. The fourth-order valence-electron chi connectivity index (χ4n) is 1.86. The molecule has 1 aromatic rings. The molecule has 0 aliphatic heterocycles. The van der Waals surface area contributed by atoms with E-state index in [2.05, 4.69) is 5.10 Å². The summed E-state index contributed by atoms with van der Waals surface area (Å²) < 4.78 is 1.71. The molecule has 1 unspecified atom stereocenters. The van der Waals surface area contributed by atoms with Crippen molar-refractivity contribution in [1.29, 1.82) is 0 Å². The van der Waals surface area contributed by atoms with Crippen LogP contribution in [0, 0.1) is 0 Å². The average molecular weight is 253 g/mol. The molecule has 1 rings (SSSR count). The molecule has 0 saturated heterocycles. The van der Waals surface area contributed by atoms with Crippen LogP contribution in [0.5, 0.6) is 0 Å². The van der Waals surface area contributed by atoms with E-state index in [0.29, 0.717) is 12.2 Å². The van der Waals surface area contributed by atoms with Gasteiger partial charge >= 0.3 is 0 Å². The van der Waals surface area contributed by atoms with E-state index >= 15 is 0 Å². The average Bonchev–Trinajstić information content (AvgIpc) is 2.73. The monoisotopic (exact) mass is 253 g/mol. The molecule has 0 aliphatic carbocycles. The highest BCUT2D eigenvalue weighted by atomic mass is 16.3. The summed E-state index contributed by atoms with van der Waals surface area (Å²) >= 11 is 0. The maximum atomic E-state index is 12.5. The topological polar surface area (TPSA) is 58.4 Å². The number of aliphatic hydroxyl groups is 1. The van der Waals surface area contributed by atoms with Crippen LogP contribution >= 0.6 is 0 Å². The van der Waals surface area contributed by atoms with E-state index in [0.717, 1.165) is 0 Å². The van der Waals surface area contributed by atoms with Crippen LogP contribution in [0.2, 0.25) is 0 Å². The van der Waals surface area contributed by atoms with Crippen LogP contribution < -0.4 is 0 Å². The summed E-state index contributed by atoms with van der Waals surface area (Å²) in [6.07, 6.45) is 1.10. The lowest BCUT2D eigenvalue weighted by Crippen LogP contribution is -2.42. The second-order valence-corrected chi connectivity index (χ2v) is 5.16. The number of rotatable bonds is 5. The molecule has 0 bridgehead atoms. The Morgan fingerprint density at radius 2 is 2.00 bits per heavy atom. The van der Waals surface area contributed by atoms with E-state index in [4.69, 9.17) is 0 Å². The first kappa shape index (κ1) is 14.7. The molecule has 1 amide bonds. The molecule has 0 radical (unpaired) electrons. The van der Waals surface area contributed by atoms with Crippen molar-refractivity contribution in [3.63, 3.8) is 0 Å². The van der Waals surface area contributed by atoms with Gasteiger partial charge in [-0.15, -0.1) is 0 Å². The maximum Gasteiger partial charge on any atom is 0.272 e. The van der Waals surface area contributed by atoms with Gasteiger partial charge in [0, 0.05) is 24.8 Å². The van der Waals surface area contributed by atoms with E-state index in [9.17, 15) is 9.90 Å². The highest BCUT2D eigenvalue weighted by Gasteiger charge is 2.23. The van der Waals surface area contributed by atoms with Crippen molar-refractivity contribution in [2.75, 3.05) is 6.54 Å². The SMILES string of the molecule is CC(O)CN(C(=O)c1ccnn1C(C)C)C(C)C. The quantitative estimate of drug-likeness (QED) is 0.869. The summed E-state index contributed by atoms with van der Waals surface area (Å²) in [7, 11) is 0. The van der Waals surface area contributed by atoms with E-state index in [1.807, 2.05) is 27.7 Å². The van der Waals surface area contributed by atoms with E-state index in [1.54, 1.807) is 28.8 Å². The van der Waals surface area contributed by atoms with Crippen molar-refractivity contribution < 1.29 is 9.90 Å². The minimum absolute atomic E-state index is 0.0441. The first-order valence-corrected chi connectivity index (χ1v) is 6.37. The third-order valence-corrected chi connectivity index (χ3v) is 2.72. The van der Waals surface area contributed by atoms with E-state index in [-0.39, 0.29) is 18.0 Å². The summed E-state index contributed by atoms with van der Waals surface area (Å²) in [4.78, 5) is 14.1. The molecule has 1 atom stereocenters. The Labute approximate surface area is 108 Å². The van der Waals surface area contributed by atoms with Gasteiger partial charge in [-0.2, -0.15) is 5.10 Å². The molecule has 5 heteroatoms. The molecule has 0 spiro atoms. The zero-order chi connectivity index (χ0) is 13.9. The standard InChI is InChI=1S/C13H23N3O2/c1-9(2)15(8-11(5)17)13(18)12-6-7-14-16(12)10(3)4/h6-7,9-11,17H,8H2,1-5H3. The minimum Gasteiger partial charge on any atom is -0.392 e. The largest absolute Gasteiger partial charge is 0.392 e. The van der Waals surface area contributed by atoms with Gasteiger partial charge in [0.25, 0.3) is 5.91 Å². The Hall–Kier alpha value is -1.36. The Morgan fingerprint density at radius 3 is 2.44 bits per heavy atom. The predicted octanol–water partition coefficient (Wildman–Crippen LogP) is 1.70. The molecule has 0 aliphatic rings. The summed E-state index contributed by atoms with van der Waals surface area (Å²) in [5.41, 5.74) is 0.569. The first-order chi connectivity index (χ1) is 8.34. The molecule has 5 nitrogen and oxygen atoms in total. The number of hydrogen-bond donors (Lipinski definition) is 1. The number of hydrogen-bond acceptors (Lipinski definition) is 3. The predicted molar refractivity (Wildman–Crippen MR) is 70.5 cm³/mol. The molecule has 1 heterocycles. The van der Waals surface area contributed by atoms with Gasteiger partial charge in [-0.05, 0) is 40.7 Å². The normalized spacial score (nSPS) is 13.1. The van der Waals surface area contributed by atoms with Gasteiger partial charge in [-0.3, -0.25) is 9.48 Å². The van der Waals surface area contributed by atoms with Crippen molar-refractivity contribution in [2.45, 2.75) is 52.8 Å². The molecule has 0 fully saturated rings. The number of nitrogens with zero attached hydrogens (tertiary/aromatic N) is 3.